The van der Waals surface area contributed by atoms with E-state index in [2.05, 4.69) is 36.2 Å². The van der Waals surface area contributed by atoms with Crippen molar-refractivity contribution >= 4 is 44.6 Å². The fourth-order valence-electron chi connectivity index (χ4n) is 2.00. The normalized spacial score (nSPS) is 10.7. The van der Waals surface area contributed by atoms with Crippen molar-refractivity contribution in [1.29, 1.82) is 0 Å². The minimum Gasteiger partial charge on any atom is -0.348 e. The SMILES string of the molecule is O=C(NCc1ccc(Cl)cc1)c1cc2nc(Br)cnc2[nH]c1=O. The first-order chi connectivity index (χ1) is 11.0. The number of nitrogens with one attached hydrogen (secondary N) is 2. The number of hydrogen-bond acceptors (Lipinski definition) is 4. The smallest absolute Gasteiger partial charge is 0.262 e. The van der Waals surface area contributed by atoms with Crippen LogP contribution in [0, 0.1) is 0 Å². The average Bonchev–Trinajstić information content (AvgIpc) is 2.54. The Labute approximate surface area is 144 Å². The number of aromatic nitrogens is 3. The van der Waals surface area contributed by atoms with Crippen LogP contribution in [0.25, 0.3) is 11.2 Å². The summed E-state index contributed by atoms with van der Waals surface area (Å²) in [4.78, 5) is 35.0. The van der Waals surface area contributed by atoms with Crippen molar-refractivity contribution in [3.63, 3.8) is 0 Å². The Hall–Kier alpha value is -2.25. The molecule has 0 radical (unpaired) electrons. The monoisotopic (exact) mass is 392 g/mol. The molecule has 0 saturated heterocycles. The van der Waals surface area contributed by atoms with E-state index >= 15 is 0 Å². The van der Waals surface area contributed by atoms with Crippen LogP contribution in [0.1, 0.15) is 15.9 Å². The van der Waals surface area contributed by atoms with Gasteiger partial charge >= 0.3 is 0 Å². The molecule has 0 unspecified atom stereocenters. The van der Waals surface area contributed by atoms with Crippen LogP contribution in [0.15, 0.2) is 45.9 Å². The number of halogens is 2. The van der Waals surface area contributed by atoms with Crippen LogP contribution in [-0.2, 0) is 6.54 Å². The van der Waals surface area contributed by atoms with Gasteiger partial charge in [-0.25, -0.2) is 9.97 Å². The van der Waals surface area contributed by atoms with Crippen molar-refractivity contribution in [2.45, 2.75) is 6.54 Å². The van der Waals surface area contributed by atoms with Gasteiger partial charge in [0.1, 0.15) is 15.7 Å². The van der Waals surface area contributed by atoms with E-state index in [1.807, 2.05) is 0 Å². The average molecular weight is 394 g/mol. The number of hydrogen-bond donors (Lipinski definition) is 2. The first-order valence-electron chi connectivity index (χ1n) is 6.61. The lowest BCUT2D eigenvalue weighted by atomic mass is 10.2. The second-order valence-corrected chi connectivity index (χ2v) is 6.00. The van der Waals surface area contributed by atoms with Gasteiger partial charge in [0.05, 0.1) is 6.20 Å². The third-order valence-electron chi connectivity index (χ3n) is 3.14. The van der Waals surface area contributed by atoms with Crippen molar-refractivity contribution in [1.82, 2.24) is 20.3 Å². The Morgan fingerprint density at radius 2 is 2.04 bits per heavy atom. The molecule has 0 spiro atoms. The summed E-state index contributed by atoms with van der Waals surface area (Å²) >= 11 is 9.01. The van der Waals surface area contributed by atoms with Gasteiger partial charge in [-0.05, 0) is 39.7 Å². The van der Waals surface area contributed by atoms with E-state index in [9.17, 15) is 9.59 Å². The van der Waals surface area contributed by atoms with E-state index in [0.717, 1.165) is 5.56 Å². The molecular formula is C15H10BrClN4O2. The molecule has 2 N–H and O–H groups in total. The standard InChI is InChI=1S/C15H10BrClN4O2/c16-12-7-18-13-11(20-12)5-10(15(23)21-13)14(22)19-6-8-1-3-9(17)4-2-8/h1-5,7H,6H2,(H,19,22)(H,18,21,23). The zero-order valence-corrected chi connectivity index (χ0v) is 14.0. The van der Waals surface area contributed by atoms with E-state index < -0.39 is 11.5 Å². The first-order valence-corrected chi connectivity index (χ1v) is 7.78. The highest BCUT2D eigenvalue weighted by Crippen LogP contribution is 2.11. The van der Waals surface area contributed by atoms with Crippen molar-refractivity contribution < 1.29 is 4.79 Å². The van der Waals surface area contributed by atoms with Gasteiger partial charge in [-0.15, -0.1) is 0 Å². The number of pyridine rings is 1. The summed E-state index contributed by atoms with van der Waals surface area (Å²) in [6.07, 6.45) is 1.47. The molecule has 23 heavy (non-hydrogen) atoms. The van der Waals surface area contributed by atoms with Gasteiger partial charge in [-0.2, -0.15) is 0 Å². The lowest BCUT2D eigenvalue weighted by Gasteiger charge is -2.06. The van der Waals surface area contributed by atoms with Crippen molar-refractivity contribution in [2.75, 3.05) is 0 Å². The van der Waals surface area contributed by atoms with Gasteiger partial charge in [0.25, 0.3) is 11.5 Å². The van der Waals surface area contributed by atoms with Crippen molar-refractivity contribution in [2.24, 2.45) is 0 Å². The highest BCUT2D eigenvalue weighted by atomic mass is 79.9. The Morgan fingerprint density at radius 3 is 2.78 bits per heavy atom. The van der Waals surface area contributed by atoms with Gasteiger partial charge in [0.15, 0.2) is 5.65 Å². The van der Waals surface area contributed by atoms with Crippen LogP contribution in [0.4, 0.5) is 0 Å². The molecule has 3 aromatic rings. The summed E-state index contributed by atoms with van der Waals surface area (Å²) < 4.78 is 0.518. The molecule has 0 bridgehead atoms. The van der Waals surface area contributed by atoms with E-state index in [1.165, 1.54) is 12.3 Å². The lowest BCUT2D eigenvalue weighted by Crippen LogP contribution is -2.29. The minimum absolute atomic E-state index is 0.0149. The van der Waals surface area contributed by atoms with E-state index in [1.54, 1.807) is 24.3 Å². The summed E-state index contributed by atoms with van der Waals surface area (Å²) in [6, 6.07) is 8.49. The number of benzene rings is 1. The highest BCUT2D eigenvalue weighted by molar-refractivity contribution is 9.10. The van der Waals surface area contributed by atoms with Gasteiger partial charge in [-0.1, -0.05) is 23.7 Å². The first kappa shape index (κ1) is 15.6. The third kappa shape index (κ3) is 3.57. The Bertz CT molecular complexity index is 940. The predicted molar refractivity (Wildman–Crippen MR) is 90.5 cm³/mol. The number of nitrogens with zero attached hydrogens (tertiary/aromatic N) is 2. The summed E-state index contributed by atoms with van der Waals surface area (Å²) in [6.45, 7) is 0.289. The molecule has 2 heterocycles. The van der Waals surface area contributed by atoms with E-state index in [-0.39, 0.29) is 12.1 Å². The molecule has 6 nitrogen and oxygen atoms in total. The molecule has 0 aliphatic heterocycles. The second-order valence-electron chi connectivity index (χ2n) is 4.75. The molecule has 1 amide bonds. The topological polar surface area (TPSA) is 87.7 Å². The number of H-pyrrole nitrogens is 1. The van der Waals surface area contributed by atoms with Gasteiger partial charge in [0.2, 0.25) is 0 Å². The number of carbonyl (C=O) groups excluding carboxylic acids is 1. The van der Waals surface area contributed by atoms with Crippen molar-refractivity contribution in [3.8, 4) is 0 Å². The highest BCUT2D eigenvalue weighted by Gasteiger charge is 2.13. The van der Waals surface area contributed by atoms with E-state index in [4.69, 9.17) is 11.6 Å². The van der Waals surface area contributed by atoms with Gasteiger partial charge in [-0.3, -0.25) is 9.59 Å². The summed E-state index contributed by atoms with van der Waals surface area (Å²) in [5, 5.41) is 3.31. The summed E-state index contributed by atoms with van der Waals surface area (Å²) in [5.74, 6) is -0.482. The second kappa shape index (κ2) is 6.47. The molecule has 0 aliphatic carbocycles. The molecule has 8 heteroatoms. The van der Waals surface area contributed by atoms with Crippen LogP contribution in [0.2, 0.25) is 5.02 Å². The number of carbonyl (C=O) groups is 1. The fourth-order valence-corrected chi connectivity index (χ4v) is 2.42. The molecule has 1 aromatic carbocycles. The minimum atomic E-state index is -0.511. The Balaban J connectivity index is 1.84. The Morgan fingerprint density at radius 1 is 1.30 bits per heavy atom. The molecule has 116 valence electrons. The van der Waals surface area contributed by atoms with Gasteiger partial charge < -0.3 is 10.3 Å². The van der Waals surface area contributed by atoms with E-state index in [0.29, 0.717) is 20.8 Å². The molecular weight excluding hydrogens is 384 g/mol. The van der Waals surface area contributed by atoms with Crippen molar-refractivity contribution in [3.05, 3.63) is 67.6 Å². The molecule has 0 fully saturated rings. The maximum absolute atomic E-state index is 12.2. The largest absolute Gasteiger partial charge is 0.348 e. The molecule has 0 saturated carbocycles. The number of rotatable bonds is 3. The maximum atomic E-state index is 12.2. The predicted octanol–water partition coefficient (Wildman–Crippen LogP) is 2.66. The zero-order chi connectivity index (χ0) is 16.4. The van der Waals surface area contributed by atoms with Crippen LogP contribution in [0.5, 0.6) is 0 Å². The fraction of sp³-hybridized carbons (Fsp3) is 0.0667. The molecule has 2 aromatic heterocycles. The van der Waals surface area contributed by atoms with Gasteiger partial charge in [0, 0.05) is 11.6 Å². The molecule has 0 atom stereocenters. The number of aromatic amines is 1. The summed E-state index contributed by atoms with van der Waals surface area (Å²) in [7, 11) is 0. The zero-order valence-electron chi connectivity index (χ0n) is 11.6. The number of amides is 1. The van der Waals surface area contributed by atoms with Crippen LogP contribution >= 0.6 is 27.5 Å². The summed E-state index contributed by atoms with van der Waals surface area (Å²) in [5.41, 5.74) is 1.10. The van der Waals surface area contributed by atoms with Crippen LogP contribution in [0.3, 0.4) is 0 Å². The molecule has 0 aliphatic rings. The molecule has 3 rings (SSSR count). The lowest BCUT2D eigenvalue weighted by molar-refractivity contribution is 0.0949. The third-order valence-corrected chi connectivity index (χ3v) is 3.77. The quantitative estimate of drug-likeness (QED) is 0.716. The maximum Gasteiger partial charge on any atom is 0.262 e. The van der Waals surface area contributed by atoms with Crippen LogP contribution < -0.4 is 10.9 Å². The van der Waals surface area contributed by atoms with Crippen LogP contribution in [-0.4, -0.2) is 20.9 Å². The number of fused-ring (bicyclic) bond motifs is 1. The Kier molecular flexibility index (Phi) is 4.40.